The Morgan fingerprint density at radius 3 is 2.00 bits per heavy atom. The second kappa shape index (κ2) is 9.84. The Kier molecular flexibility index (Phi) is 8.49. The second-order valence-electron chi connectivity index (χ2n) is 6.72. The largest absolute Gasteiger partial charge is 0.291 e. The first kappa shape index (κ1) is 19.9. The highest BCUT2D eigenvalue weighted by Crippen LogP contribution is 2.39. The van der Waals surface area contributed by atoms with Gasteiger partial charge in [0.25, 0.3) is 0 Å². The molecule has 0 spiro atoms. The standard InChI is InChI=1S/C20H32O3/c1-5-7-14-18(15-8-6-2)20(23-22,16(3)4)19(21)17-12-10-9-11-13-17/h9-13,16,18,22H,5-8,14-15H2,1-4H3. The molecule has 0 aliphatic rings. The van der Waals surface area contributed by atoms with E-state index < -0.39 is 5.60 Å². The molecule has 0 aromatic heterocycles. The van der Waals surface area contributed by atoms with Crippen LogP contribution >= 0.6 is 0 Å². The van der Waals surface area contributed by atoms with Gasteiger partial charge >= 0.3 is 0 Å². The maximum absolute atomic E-state index is 13.2. The van der Waals surface area contributed by atoms with Crippen molar-refractivity contribution in [3.8, 4) is 0 Å². The van der Waals surface area contributed by atoms with Crippen molar-refractivity contribution in [3.63, 3.8) is 0 Å². The molecule has 1 N–H and O–H groups in total. The van der Waals surface area contributed by atoms with Crippen molar-refractivity contribution in [3.05, 3.63) is 35.9 Å². The number of carbonyl (C=O) groups excluding carboxylic acids is 1. The molecule has 1 aromatic rings. The molecule has 1 rings (SSSR count). The lowest BCUT2D eigenvalue weighted by Gasteiger charge is -2.40. The predicted molar refractivity (Wildman–Crippen MR) is 94.6 cm³/mol. The predicted octanol–water partition coefficient (Wildman–Crippen LogP) is 5.75. The molecule has 0 aliphatic carbocycles. The van der Waals surface area contributed by atoms with Gasteiger partial charge in [0.15, 0.2) is 11.4 Å². The Morgan fingerprint density at radius 2 is 1.61 bits per heavy atom. The average molecular weight is 320 g/mol. The fourth-order valence-electron chi connectivity index (χ4n) is 3.43. The van der Waals surface area contributed by atoms with Crippen molar-refractivity contribution >= 4 is 5.78 Å². The van der Waals surface area contributed by atoms with E-state index in [1.165, 1.54) is 0 Å². The van der Waals surface area contributed by atoms with E-state index in [1.807, 2.05) is 32.0 Å². The van der Waals surface area contributed by atoms with Gasteiger partial charge in [-0.15, -0.1) is 0 Å². The van der Waals surface area contributed by atoms with E-state index in [0.29, 0.717) is 5.56 Å². The molecule has 0 aliphatic heterocycles. The SMILES string of the molecule is CCCCC(CCCC)C(OO)(C(=O)c1ccccc1)C(C)C. The lowest BCUT2D eigenvalue weighted by atomic mass is 9.70. The quantitative estimate of drug-likeness (QED) is 0.321. The molecule has 130 valence electrons. The number of ketones is 1. The van der Waals surface area contributed by atoms with Crippen molar-refractivity contribution in [2.75, 3.05) is 0 Å². The highest BCUT2D eigenvalue weighted by Gasteiger charge is 2.49. The topological polar surface area (TPSA) is 46.5 Å². The van der Waals surface area contributed by atoms with Crippen molar-refractivity contribution in [2.24, 2.45) is 11.8 Å². The van der Waals surface area contributed by atoms with E-state index in [0.717, 1.165) is 38.5 Å². The summed E-state index contributed by atoms with van der Waals surface area (Å²) in [6.07, 6.45) is 6.01. The van der Waals surface area contributed by atoms with Gasteiger partial charge in [-0.25, -0.2) is 4.89 Å². The Balaban J connectivity index is 3.23. The van der Waals surface area contributed by atoms with Crippen LogP contribution in [0.15, 0.2) is 30.3 Å². The minimum absolute atomic E-state index is 0.0279. The van der Waals surface area contributed by atoms with Gasteiger partial charge in [0.05, 0.1) is 0 Å². The number of hydrogen-bond acceptors (Lipinski definition) is 3. The molecule has 1 unspecified atom stereocenters. The molecular formula is C20H32O3. The van der Waals surface area contributed by atoms with E-state index in [2.05, 4.69) is 13.8 Å². The van der Waals surface area contributed by atoms with Crippen LogP contribution in [-0.2, 0) is 4.89 Å². The molecule has 3 heteroatoms. The van der Waals surface area contributed by atoms with Crippen LogP contribution in [0.5, 0.6) is 0 Å². The summed E-state index contributed by atoms with van der Waals surface area (Å²) in [5, 5.41) is 9.83. The van der Waals surface area contributed by atoms with Gasteiger partial charge in [-0.05, 0) is 24.7 Å². The van der Waals surface area contributed by atoms with Gasteiger partial charge in [-0.2, -0.15) is 0 Å². The third kappa shape index (κ3) is 4.65. The first-order valence-corrected chi connectivity index (χ1v) is 8.96. The second-order valence-corrected chi connectivity index (χ2v) is 6.72. The molecular weight excluding hydrogens is 288 g/mol. The zero-order valence-electron chi connectivity index (χ0n) is 15.0. The van der Waals surface area contributed by atoms with Gasteiger partial charge in [0, 0.05) is 5.56 Å². The molecule has 0 radical (unpaired) electrons. The summed E-state index contributed by atoms with van der Waals surface area (Å²) < 4.78 is 0. The minimum atomic E-state index is -1.16. The molecule has 1 atom stereocenters. The third-order valence-corrected chi connectivity index (χ3v) is 4.82. The third-order valence-electron chi connectivity index (χ3n) is 4.82. The van der Waals surface area contributed by atoms with E-state index in [-0.39, 0.29) is 17.6 Å². The van der Waals surface area contributed by atoms with Crippen LogP contribution in [0.25, 0.3) is 0 Å². The molecule has 0 saturated heterocycles. The zero-order valence-corrected chi connectivity index (χ0v) is 15.0. The fourth-order valence-corrected chi connectivity index (χ4v) is 3.43. The van der Waals surface area contributed by atoms with Crippen molar-refractivity contribution < 1.29 is 14.9 Å². The number of carbonyl (C=O) groups is 1. The minimum Gasteiger partial charge on any atom is -0.291 e. The smallest absolute Gasteiger partial charge is 0.198 e. The Morgan fingerprint density at radius 1 is 1.09 bits per heavy atom. The summed E-state index contributed by atoms with van der Waals surface area (Å²) in [5.74, 6) is -0.174. The molecule has 0 saturated carbocycles. The van der Waals surface area contributed by atoms with Gasteiger partial charge in [0.1, 0.15) is 0 Å². The van der Waals surface area contributed by atoms with Crippen LogP contribution in [0.2, 0.25) is 0 Å². The highest BCUT2D eigenvalue weighted by atomic mass is 17.1. The maximum Gasteiger partial charge on any atom is 0.198 e. The normalized spacial score (nSPS) is 14.2. The Bertz CT molecular complexity index is 447. The number of hydrogen-bond donors (Lipinski definition) is 1. The van der Waals surface area contributed by atoms with E-state index >= 15 is 0 Å². The van der Waals surface area contributed by atoms with Gasteiger partial charge < -0.3 is 0 Å². The van der Waals surface area contributed by atoms with Crippen LogP contribution in [0.3, 0.4) is 0 Å². The fraction of sp³-hybridized carbons (Fsp3) is 0.650. The van der Waals surface area contributed by atoms with Gasteiger partial charge in [-0.3, -0.25) is 10.1 Å². The number of unbranched alkanes of at least 4 members (excludes halogenated alkanes) is 2. The van der Waals surface area contributed by atoms with Gasteiger partial charge in [0.2, 0.25) is 0 Å². The molecule has 3 nitrogen and oxygen atoms in total. The summed E-state index contributed by atoms with van der Waals surface area (Å²) in [7, 11) is 0. The number of benzene rings is 1. The molecule has 0 bridgehead atoms. The number of Topliss-reactive ketones (excluding diaryl/α,β-unsaturated/α-hetero) is 1. The van der Waals surface area contributed by atoms with E-state index in [1.54, 1.807) is 12.1 Å². The summed E-state index contributed by atoms with van der Waals surface area (Å²) >= 11 is 0. The van der Waals surface area contributed by atoms with Crippen LogP contribution in [0.4, 0.5) is 0 Å². The molecule has 23 heavy (non-hydrogen) atoms. The molecule has 0 amide bonds. The van der Waals surface area contributed by atoms with Crippen molar-refractivity contribution in [1.82, 2.24) is 0 Å². The molecule has 1 aromatic carbocycles. The van der Waals surface area contributed by atoms with Crippen molar-refractivity contribution in [1.29, 1.82) is 0 Å². The lowest BCUT2D eigenvalue weighted by Crippen LogP contribution is -2.52. The summed E-state index contributed by atoms with van der Waals surface area (Å²) in [6, 6.07) is 9.19. The monoisotopic (exact) mass is 320 g/mol. The van der Waals surface area contributed by atoms with Crippen LogP contribution in [-0.4, -0.2) is 16.6 Å². The highest BCUT2D eigenvalue weighted by molar-refractivity contribution is 6.02. The molecule has 0 heterocycles. The summed E-state index contributed by atoms with van der Waals surface area (Å²) in [4.78, 5) is 18.2. The average Bonchev–Trinajstić information content (AvgIpc) is 2.57. The summed E-state index contributed by atoms with van der Waals surface area (Å²) in [5.41, 5.74) is -0.556. The zero-order chi connectivity index (χ0) is 17.3. The Labute approximate surface area is 141 Å². The van der Waals surface area contributed by atoms with Crippen molar-refractivity contribution in [2.45, 2.75) is 71.8 Å². The van der Waals surface area contributed by atoms with Gasteiger partial charge in [-0.1, -0.05) is 83.7 Å². The number of rotatable bonds is 11. The Hall–Kier alpha value is -1.19. The first-order chi connectivity index (χ1) is 11.0. The molecule has 0 fully saturated rings. The first-order valence-electron chi connectivity index (χ1n) is 8.96. The van der Waals surface area contributed by atoms with Crippen LogP contribution in [0.1, 0.15) is 76.6 Å². The maximum atomic E-state index is 13.2. The van der Waals surface area contributed by atoms with E-state index in [9.17, 15) is 10.1 Å². The lowest BCUT2D eigenvalue weighted by molar-refractivity contribution is -0.330. The summed E-state index contributed by atoms with van der Waals surface area (Å²) in [6.45, 7) is 8.21. The van der Waals surface area contributed by atoms with Crippen LogP contribution in [0, 0.1) is 11.8 Å². The van der Waals surface area contributed by atoms with Crippen LogP contribution < -0.4 is 0 Å². The van der Waals surface area contributed by atoms with E-state index in [4.69, 9.17) is 4.89 Å².